The van der Waals surface area contributed by atoms with E-state index in [1.807, 2.05) is 0 Å². The Bertz CT molecular complexity index is 313. The predicted octanol–water partition coefficient (Wildman–Crippen LogP) is 1.07. The second kappa shape index (κ2) is 4.14. The number of hydrogen-bond acceptors (Lipinski definition) is 5. The minimum atomic E-state index is -0.225. The van der Waals surface area contributed by atoms with Gasteiger partial charge in [0, 0.05) is 6.61 Å². The average Bonchev–Trinajstić information content (AvgIpc) is 2.75. The molecular formula is C9H12N2O2S. The summed E-state index contributed by atoms with van der Waals surface area (Å²) in [7, 11) is 0. The number of carbonyl (C=O) groups is 1. The SMILES string of the molecule is CC1CCOC1C(=O)Cc1cnsn1. The standard InChI is InChI=1S/C9H12N2O2S/c1-6-2-3-13-9(6)8(12)4-7-5-10-14-11-7/h5-6,9H,2-4H2,1H3. The van der Waals surface area contributed by atoms with Gasteiger partial charge in [-0.2, -0.15) is 8.75 Å². The van der Waals surface area contributed by atoms with Crippen LogP contribution in [0.15, 0.2) is 6.20 Å². The number of carbonyl (C=O) groups excluding carboxylic acids is 1. The fraction of sp³-hybridized carbons (Fsp3) is 0.667. The van der Waals surface area contributed by atoms with Gasteiger partial charge in [-0.05, 0) is 12.3 Å². The largest absolute Gasteiger partial charge is 0.370 e. The molecular weight excluding hydrogens is 200 g/mol. The first-order chi connectivity index (χ1) is 6.77. The molecule has 1 aliphatic heterocycles. The van der Waals surface area contributed by atoms with E-state index in [1.165, 1.54) is 0 Å². The zero-order valence-electron chi connectivity index (χ0n) is 7.97. The number of ketones is 1. The lowest BCUT2D eigenvalue weighted by Gasteiger charge is -2.11. The molecule has 2 rings (SSSR count). The first-order valence-electron chi connectivity index (χ1n) is 4.68. The quantitative estimate of drug-likeness (QED) is 0.752. The van der Waals surface area contributed by atoms with Gasteiger partial charge in [-0.3, -0.25) is 4.79 Å². The van der Waals surface area contributed by atoms with Crippen molar-refractivity contribution in [3.05, 3.63) is 11.9 Å². The lowest BCUT2D eigenvalue weighted by Crippen LogP contribution is -2.26. The van der Waals surface area contributed by atoms with E-state index in [2.05, 4.69) is 15.7 Å². The molecule has 5 heteroatoms. The normalized spacial score (nSPS) is 26.6. The van der Waals surface area contributed by atoms with E-state index in [0.717, 1.165) is 23.8 Å². The first kappa shape index (κ1) is 9.73. The monoisotopic (exact) mass is 212 g/mol. The van der Waals surface area contributed by atoms with Gasteiger partial charge in [-0.1, -0.05) is 6.92 Å². The Labute approximate surface area is 86.6 Å². The highest BCUT2D eigenvalue weighted by molar-refractivity contribution is 6.99. The molecule has 1 aliphatic rings. The summed E-state index contributed by atoms with van der Waals surface area (Å²) in [5.41, 5.74) is 0.753. The number of aromatic nitrogens is 2. The molecule has 2 unspecified atom stereocenters. The molecule has 2 atom stereocenters. The van der Waals surface area contributed by atoms with Crippen LogP contribution in [0.25, 0.3) is 0 Å². The maximum Gasteiger partial charge on any atom is 0.167 e. The van der Waals surface area contributed by atoms with Crippen molar-refractivity contribution in [3.8, 4) is 0 Å². The Morgan fingerprint density at radius 1 is 1.79 bits per heavy atom. The van der Waals surface area contributed by atoms with E-state index >= 15 is 0 Å². The second-order valence-electron chi connectivity index (χ2n) is 3.60. The van der Waals surface area contributed by atoms with Crippen LogP contribution in [0.3, 0.4) is 0 Å². The van der Waals surface area contributed by atoms with E-state index in [9.17, 15) is 4.79 Å². The molecule has 14 heavy (non-hydrogen) atoms. The highest BCUT2D eigenvalue weighted by Gasteiger charge is 2.30. The van der Waals surface area contributed by atoms with Gasteiger partial charge in [0.25, 0.3) is 0 Å². The zero-order chi connectivity index (χ0) is 9.97. The summed E-state index contributed by atoms with van der Waals surface area (Å²) < 4.78 is 13.2. The minimum Gasteiger partial charge on any atom is -0.370 e. The minimum absolute atomic E-state index is 0.128. The average molecular weight is 212 g/mol. The maximum absolute atomic E-state index is 11.7. The van der Waals surface area contributed by atoms with Gasteiger partial charge in [-0.15, -0.1) is 0 Å². The summed E-state index contributed by atoms with van der Waals surface area (Å²) in [5.74, 6) is 0.469. The van der Waals surface area contributed by atoms with Gasteiger partial charge >= 0.3 is 0 Å². The predicted molar refractivity (Wildman–Crippen MR) is 52.1 cm³/mol. The molecule has 1 saturated heterocycles. The van der Waals surface area contributed by atoms with Crippen LogP contribution in [0.4, 0.5) is 0 Å². The molecule has 0 bridgehead atoms. The van der Waals surface area contributed by atoms with Crippen molar-refractivity contribution in [2.45, 2.75) is 25.9 Å². The van der Waals surface area contributed by atoms with Crippen molar-refractivity contribution < 1.29 is 9.53 Å². The molecule has 4 nitrogen and oxygen atoms in total. The van der Waals surface area contributed by atoms with Gasteiger partial charge < -0.3 is 4.74 Å². The molecule has 0 radical (unpaired) electrons. The fourth-order valence-corrected chi connectivity index (χ4v) is 2.08. The molecule has 1 fully saturated rings. The van der Waals surface area contributed by atoms with E-state index in [0.29, 0.717) is 18.9 Å². The van der Waals surface area contributed by atoms with Crippen LogP contribution in [-0.2, 0) is 16.0 Å². The van der Waals surface area contributed by atoms with Crippen LogP contribution in [-0.4, -0.2) is 27.2 Å². The van der Waals surface area contributed by atoms with E-state index < -0.39 is 0 Å². The van der Waals surface area contributed by atoms with Crippen LogP contribution in [0.1, 0.15) is 19.0 Å². The molecule has 0 aromatic carbocycles. The van der Waals surface area contributed by atoms with E-state index in [1.54, 1.807) is 6.20 Å². The summed E-state index contributed by atoms with van der Waals surface area (Å²) in [6.45, 7) is 2.75. The fourth-order valence-electron chi connectivity index (χ4n) is 1.65. The van der Waals surface area contributed by atoms with Gasteiger partial charge in [0.15, 0.2) is 5.78 Å². The molecule has 0 amide bonds. The summed E-state index contributed by atoms with van der Waals surface area (Å²) in [6.07, 6.45) is 2.75. The Morgan fingerprint density at radius 2 is 2.64 bits per heavy atom. The Hall–Kier alpha value is -0.810. The molecule has 76 valence electrons. The number of nitrogens with zero attached hydrogens (tertiary/aromatic N) is 2. The zero-order valence-corrected chi connectivity index (χ0v) is 8.79. The van der Waals surface area contributed by atoms with Crippen molar-refractivity contribution in [2.24, 2.45) is 5.92 Å². The molecule has 2 heterocycles. The second-order valence-corrected chi connectivity index (χ2v) is 4.16. The number of ether oxygens (including phenoxy) is 1. The van der Waals surface area contributed by atoms with Crippen LogP contribution in [0, 0.1) is 5.92 Å². The number of Topliss-reactive ketones (excluding diaryl/α,β-unsaturated/α-hetero) is 1. The molecule has 0 saturated carbocycles. The van der Waals surface area contributed by atoms with Crippen LogP contribution in [0.2, 0.25) is 0 Å². The lowest BCUT2D eigenvalue weighted by atomic mass is 9.98. The van der Waals surface area contributed by atoms with Crippen LogP contribution < -0.4 is 0 Å². The van der Waals surface area contributed by atoms with Crippen molar-refractivity contribution >= 4 is 17.5 Å². The number of hydrogen-bond donors (Lipinski definition) is 0. The first-order valence-corrected chi connectivity index (χ1v) is 5.41. The Kier molecular flexibility index (Phi) is 2.88. The van der Waals surface area contributed by atoms with Crippen molar-refractivity contribution in [3.63, 3.8) is 0 Å². The molecule has 0 aliphatic carbocycles. The third kappa shape index (κ3) is 1.99. The van der Waals surface area contributed by atoms with Crippen molar-refractivity contribution in [1.29, 1.82) is 0 Å². The van der Waals surface area contributed by atoms with E-state index in [4.69, 9.17) is 4.74 Å². The summed E-state index contributed by atoms with van der Waals surface area (Å²) in [5, 5.41) is 0. The highest BCUT2D eigenvalue weighted by atomic mass is 32.1. The Morgan fingerprint density at radius 3 is 3.21 bits per heavy atom. The molecule has 0 N–H and O–H groups in total. The maximum atomic E-state index is 11.7. The third-order valence-electron chi connectivity index (χ3n) is 2.47. The summed E-state index contributed by atoms with van der Waals surface area (Å²) in [4.78, 5) is 11.7. The highest BCUT2D eigenvalue weighted by Crippen LogP contribution is 2.21. The lowest BCUT2D eigenvalue weighted by molar-refractivity contribution is -0.128. The molecule has 0 spiro atoms. The van der Waals surface area contributed by atoms with E-state index in [-0.39, 0.29) is 11.9 Å². The Balaban J connectivity index is 1.95. The molecule has 1 aromatic heterocycles. The smallest absolute Gasteiger partial charge is 0.167 e. The van der Waals surface area contributed by atoms with Gasteiger partial charge in [0.05, 0.1) is 30.0 Å². The topological polar surface area (TPSA) is 52.1 Å². The van der Waals surface area contributed by atoms with Crippen LogP contribution >= 0.6 is 11.7 Å². The van der Waals surface area contributed by atoms with Crippen molar-refractivity contribution in [1.82, 2.24) is 8.75 Å². The van der Waals surface area contributed by atoms with Crippen LogP contribution in [0.5, 0.6) is 0 Å². The van der Waals surface area contributed by atoms with Gasteiger partial charge in [0.2, 0.25) is 0 Å². The van der Waals surface area contributed by atoms with Crippen molar-refractivity contribution in [2.75, 3.05) is 6.61 Å². The third-order valence-corrected chi connectivity index (χ3v) is 2.98. The molecule has 1 aromatic rings. The van der Waals surface area contributed by atoms with Gasteiger partial charge in [0.1, 0.15) is 6.10 Å². The number of rotatable bonds is 3. The summed E-state index contributed by atoms with van der Waals surface area (Å²) in [6, 6.07) is 0. The summed E-state index contributed by atoms with van der Waals surface area (Å²) >= 11 is 1.13. The van der Waals surface area contributed by atoms with Gasteiger partial charge in [-0.25, -0.2) is 0 Å².